The molecule has 0 saturated carbocycles. The quantitative estimate of drug-likeness (QED) is 0.274. The average Bonchev–Trinajstić information content (AvgIpc) is 3.60. The standard InChI is InChI=1S/C32H29N3O3/c1-20-11-14-22(15-12-20)30-29(26-9-5-6-10-27(26)34-30)31-24-7-3-4-8-25(24)32(37)35(31)18-17-28(36)33-19-23-16-13-21(2)38-23/h3-16,31,34H,17-19H2,1-2H3,(H,33,36)/t31-/m1/s1. The second-order valence-electron chi connectivity index (χ2n) is 9.85. The smallest absolute Gasteiger partial charge is 0.255 e. The van der Waals surface area contributed by atoms with Gasteiger partial charge in [-0.3, -0.25) is 9.59 Å². The van der Waals surface area contributed by atoms with Gasteiger partial charge in [0.2, 0.25) is 5.91 Å². The molecule has 1 atom stereocenters. The van der Waals surface area contributed by atoms with Crippen LogP contribution in [0.3, 0.4) is 0 Å². The molecule has 0 radical (unpaired) electrons. The molecular formula is C32H29N3O3. The van der Waals surface area contributed by atoms with Crippen LogP contribution >= 0.6 is 0 Å². The van der Waals surface area contributed by atoms with Gasteiger partial charge in [0.25, 0.3) is 5.91 Å². The molecule has 0 spiro atoms. The van der Waals surface area contributed by atoms with E-state index in [0.29, 0.717) is 24.4 Å². The minimum Gasteiger partial charge on any atom is -0.465 e. The summed E-state index contributed by atoms with van der Waals surface area (Å²) >= 11 is 0. The maximum atomic E-state index is 13.7. The molecule has 38 heavy (non-hydrogen) atoms. The van der Waals surface area contributed by atoms with E-state index in [-0.39, 0.29) is 24.3 Å². The lowest BCUT2D eigenvalue weighted by molar-refractivity contribution is -0.121. The van der Waals surface area contributed by atoms with Crippen LogP contribution in [0.5, 0.6) is 0 Å². The van der Waals surface area contributed by atoms with Gasteiger partial charge in [-0.1, -0.05) is 66.2 Å². The molecule has 5 aromatic rings. The fourth-order valence-corrected chi connectivity index (χ4v) is 5.38. The van der Waals surface area contributed by atoms with E-state index >= 15 is 0 Å². The first-order valence-corrected chi connectivity index (χ1v) is 12.9. The first-order chi connectivity index (χ1) is 18.5. The van der Waals surface area contributed by atoms with Crippen molar-refractivity contribution in [1.29, 1.82) is 0 Å². The average molecular weight is 504 g/mol. The van der Waals surface area contributed by atoms with E-state index in [9.17, 15) is 9.59 Å². The molecule has 1 aliphatic heterocycles. The summed E-state index contributed by atoms with van der Waals surface area (Å²) in [6.07, 6.45) is 0.193. The van der Waals surface area contributed by atoms with E-state index in [1.54, 1.807) is 0 Å². The van der Waals surface area contributed by atoms with Crippen LogP contribution in [0.4, 0.5) is 0 Å². The Bertz CT molecular complexity index is 1640. The highest BCUT2D eigenvalue weighted by molar-refractivity contribution is 6.02. The summed E-state index contributed by atoms with van der Waals surface area (Å²) in [6.45, 7) is 4.57. The number of carbonyl (C=O) groups excluding carboxylic acids is 2. The first kappa shape index (κ1) is 23.8. The topological polar surface area (TPSA) is 78.3 Å². The number of nitrogens with zero attached hydrogens (tertiary/aromatic N) is 1. The number of benzene rings is 3. The monoisotopic (exact) mass is 503 g/mol. The van der Waals surface area contributed by atoms with Crippen molar-refractivity contribution in [1.82, 2.24) is 15.2 Å². The Hall–Kier alpha value is -4.58. The normalized spacial score (nSPS) is 14.7. The van der Waals surface area contributed by atoms with Crippen LogP contribution in [-0.2, 0) is 11.3 Å². The fourth-order valence-electron chi connectivity index (χ4n) is 5.38. The van der Waals surface area contributed by atoms with Crippen LogP contribution in [0.2, 0.25) is 0 Å². The SMILES string of the molecule is Cc1ccc(-c2[nH]c3ccccc3c2[C@H]2c3ccccc3C(=O)N2CCC(=O)NCc2ccc(C)o2)cc1. The largest absolute Gasteiger partial charge is 0.465 e. The van der Waals surface area contributed by atoms with Crippen molar-refractivity contribution in [3.63, 3.8) is 0 Å². The van der Waals surface area contributed by atoms with Gasteiger partial charge in [0, 0.05) is 35.0 Å². The van der Waals surface area contributed by atoms with Crippen molar-refractivity contribution in [2.75, 3.05) is 6.54 Å². The highest BCUT2D eigenvalue weighted by Crippen LogP contribution is 2.45. The molecule has 6 rings (SSSR count). The first-order valence-electron chi connectivity index (χ1n) is 12.9. The number of carbonyl (C=O) groups is 2. The lowest BCUT2D eigenvalue weighted by atomic mass is 9.93. The molecule has 1 aliphatic rings. The lowest BCUT2D eigenvalue weighted by Gasteiger charge is -2.26. The molecule has 3 heterocycles. The van der Waals surface area contributed by atoms with Gasteiger partial charge in [-0.05, 0) is 49.2 Å². The summed E-state index contributed by atoms with van der Waals surface area (Å²) in [7, 11) is 0. The molecule has 6 heteroatoms. The van der Waals surface area contributed by atoms with Crippen LogP contribution in [-0.4, -0.2) is 28.2 Å². The molecule has 2 amide bonds. The Balaban J connectivity index is 1.37. The van der Waals surface area contributed by atoms with Crippen LogP contribution < -0.4 is 5.32 Å². The van der Waals surface area contributed by atoms with Crippen molar-refractivity contribution >= 4 is 22.7 Å². The maximum Gasteiger partial charge on any atom is 0.255 e. The summed E-state index contributed by atoms with van der Waals surface area (Å²) in [4.78, 5) is 31.9. The van der Waals surface area contributed by atoms with Crippen LogP contribution in [0.25, 0.3) is 22.2 Å². The predicted octanol–water partition coefficient (Wildman–Crippen LogP) is 6.30. The molecule has 0 fully saturated rings. The van der Waals surface area contributed by atoms with Crippen LogP contribution in [0.1, 0.15) is 51.0 Å². The molecule has 0 bridgehead atoms. The number of rotatable bonds is 7. The Morgan fingerprint density at radius 1 is 0.947 bits per heavy atom. The molecule has 6 nitrogen and oxygen atoms in total. The number of nitrogens with one attached hydrogen (secondary N) is 2. The van der Waals surface area contributed by atoms with Gasteiger partial charge < -0.3 is 19.6 Å². The molecule has 0 aliphatic carbocycles. The Morgan fingerprint density at radius 2 is 1.71 bits per heavy atom. The van der Waals surface area contributed by atoms with Gasteiger partial charge in [0.05, 0.1) is 18.3 Å². The predicted molar refractivity (Wildman–Crippen MR) is 148 cm³/mol. The van der Waals surface area contributed by atoms with Crippen molar-refractivity contribution in [3.05, 3.63) is 119 Å². The number of aromatic amines is 1. The fraction of sp³-hybridized carbons (Fsp3) is 0.188. The van der Waals surface area contributed by atoms with Gasteiger partial charge in [-0.25, -0.2) is 0 Å². The number of hydrogen-bond donors (Lipinski definition) is 2. The van der Waals surface area contributed by atoms with Crippen molar-refractivity contribution in [3.8, 4) is 11.3 Å². The number of furan rings is 1. The minimum atomic E-state index is -0.313. The Kier molecular flexibility index (Phi) is 6.08. The summed E-state index contributed by atoms with van der Waals surface area (Å²) in [5.41, 5.74) is 6.94. The molecule has 2 N–H and O–H groups in total. The molecular weight excluding hydrogens is 474 g/mol. The van der Waals surface area contributed by atoms with Gasteiger partial charge in [0.1, 0.15) is 11.5 Å². The summed E-state index contributed by atoms with van der Waals surface area (Å²) in [5.74, 6) is 1.33. The number of para-hydroxylation sites is 1. The van der Waals surface area contributed by atoms with E-state index < -0.39 is 0 Å². The van der Waals surface area contributed by atoms with Gasteiger partial charge in [0.15, 0.2) is 0 Å². The van der Waals surface area contributed by atoms with E-state index in [2.05, 4.69) is 53.6 Å². The van der Waals surface area contributed by atoms with Crippen molar-refractivity contribution in [2.45, 2.75) is 32.9 Å². The zero-order valence-electron chi connectivity index (χ0n) is 21.5. The number of fused-ring (bicyclic) bond motifs is 2. The minimum absolute atomic E-state index is 0.0554. The maximum absolute atomic E-state index is 13.7. The summed E-state index contributed by atoms with van der Waals surface area (Å²) in [5, 5.41) is 3.99. The third kappa shape index (κ3) is 4.28. The number of aromatic nitrogens is 1. The Morgan fingerprint density at radius 3 is 2.50 bits per heavy atom. The summed E-state index contributed by atoms with van der Waals surface area (Å²) in [6, 6.07) is 27.8. The third-order valence-corrected chi connectivity index (χ3v) is 7.25. The second-order valence-corrected chi connectivity index (χ2v) is 9.85. The number of aryl methyl sites for hydroxylation is 2. The number of H-pyrrole nitrogens is 1. The van der Waals surface area contributed by atoms with Gasteiger partial charge >= 0.3 is 0 Å². The number of hydrogen-bond acceptors (Lipinski definition) is 3. The molecule has 3 aromatic carbocycles. The summed E-state index contributed by atoms with van der Waals surface area (Å²) < 4.78 is 5.56. The highest BCUT2D eigenvalue weighted by Gasteiger charge is 2.40. The third-order valence-electron chi connectivity index (χ3n) is 7.25. The van der Waals surface area contributed by atoms with Crippen LogP contribution in [0, 0.1) is 13.8 Å². The zero-order chi connectivity index (χ0) is 26.2. The molecule has 2 aromatic heterocycles. The van der Waals surface area contributed by atoms with Crippen molar-refractivity contribution < 1.29 is 14.0 Å². The van der Waals surface area contributed by atoms with E-state index in [0.717, 1.165) is 39.0 Å². The van der Waals surface area contributed by atoms with Gasteiger partial charge in [-0.2, -0.15) is 0 Å². The van der Waals surface area contributed by atoms with E-state index in [1.807, 2.05) is 60.4 Å². The molecule has 0 saturated heterocycles. The second kappa shape index (κ2) is 9.71. The number of amides is 2. The molecule has 0 unspecified atom stereocenters. The lowest BCUT2D eigenvalue weighted by Crippen LogP contribution is -2.33. The highest BCUT2D eigenvalue weighted by atomic mass is 16.3. The van der Waals surface area contributed by atoms with Crippen LogP contribution in [0.15, 0.2) is 89.3 Å². The van der Waals surface area contributed by atoms with Crippen molar-refractivity contribution in [2.24, 2.45) is 0 Å². The van der Waals surface area contributed by atoms with E-state index in [4.69, 9.17) is 4.42 Å². The van der Waals surface area contributed by atoms with Gasteiger partial charge in [-0.15, -0.1) is 0 Å². The Labute approximate surface area is 221 Å². The van der Waals surface area contributed by atoms with E-state index in [1.165, 1.54) is 5.56 Å². The molecule has 190 valence electrons. The zero-order valence-corrected chi connectivity index (χ0v) is 21.5.